The normalized spacial score (nSPS) is 16.8. The summed E-state index contributed by atoms with van der Waals surface area (Å²) in [5.41, 5.74) is 7.55. The van der Waals surface area contributed by atoms with Gasteiger partial charge in [-0.05, 0) is 30.7 Å². The molecule has 3 aromatic rings. The van der Waals surface area contributed by atoms with Crippen LogP contribution >= 0.6 is 11.6 Å². The van der Waals surface area contributed by atoms with Gasteiger partial charge in [0.05, 0.1) is 5.02 Å². The zero-order valence-corrected chi connectivity index (χ0v) is 14.6. The van der Waals surface area contributed by atoms with Gasteiger partial charge in [0.15, 0.2) is 11.6 Å². The minimum atomic E-state index is -0.413. The molecule has 0 amide bonds. The third-order valence-corrected chi connectivity index (χ3v) is 4.67. The molecule has 0 spiro atoms. The molecule has 1 fully saturated rings. The van der Waals surface area contributed by atoms with Gasteiger partial charge in [0.25, 0.3) is 0 Å². The molecule has 1 aromatic carbocycles. The molecule has 0 radical (unpaired) electrons. The Balaban J connectivity index is 1.49. The van der Waals surface area contributed by atoms with Gasteiger partial charge in [-0.1, -0.05) is 11.6 Å². The number of nitrogens with two attached hydrogens (primary N) is 1. The third-order valence-electron chi connectivity index (χ3n) is 4.38. The van der Waals surface area contributed by atoms with Crippen molar-refractivity contribution in [3.8, 4) is 5.82 Å². The van der Waals surface area contributed by atoms with Crippen molar-refractivity contribution in [3.63, 3.8) is 0 Å². The molecule has 2 aromatic heterocycles. The van der Waals surface area contributed by atoms with Crippen LogP contribution in [0, 0.1) is 5.82 Å². The fourth-order valence-corrected chi connectivity index (χ4v) is 3.24. The summed E-state index contributed by atoms with van der Waals surface area (Å²) >= 11 is 5.89. The maximum atomic E-state index is 13.4. The number of hydrogen-bond donors (Lipinski definition) is 2. The van der Waals surface area contributed by atoms with E-state index >= 15 is 0 Å². The fourth-order valence-electron chi connectivity index (χ4n) is 3.07. The highest BCUT2D eigenvalue weighted by Gasteiger charge is 2.24. The van der Waals surface area contributed by atoms with Crippen LogP contribution in [-0.4, -0.2) is 38.9 Å². The first-order valence-electron chi connectivity index (χ1n) is 8.19. The molecule has 134 valence electrons. The van der Waals surface area contributed by atoms with Crippen LogP contribution in [0.3, 0.4) is 0 Å². The molecule has 26 heavy (non-hydrogen) atoms. The summed E-state index contributed by atoms with van der Waals surface area (Å²) in [5.74, 6) is 0.700. The van der Waals surface area contributed by atoms with Crippen LogP contribution in [0.4, 0.5) is 21.6 Å². The van der Waals surface area contributed by atoms with E-state index in [4.69, 9.17) is 17.3 Å². The lowest BCUT2D eigenvalue weighted by molar-refractivity contribution is 0.628. The number of hydrogen-bond acceptors (Lipinski definition) is 6. The monoisotopic (exact) mass is 373 g/mol. The molecule has 0 aliphatic carbocycles. The first-order chi connectivity index (χ1) is 12.6. The lowest BCUT2D eigenvalue weighted by Gasteiger charge is -2.20. The summed E-state index contributed by atoms with van der Waals surface area (Å²) in [7, 11) is 0. The van der Waals surface area contributed by atoms with Crippen molar-refractivity contribution < 1.29 is 4.39 Å². The summed E-state index contributed by atoms with van der Waals surface area (Å²) < 4.78 is 15.0. The highest BCUT2D eigenvalue weighted by Crippen LogP contribution is 2.28. The standard InChI is InChI=1S/C17H17ClFN7/c18-13-8-12(2-3-14(13)19)25-7-4-11(9-25)24-16-15(20)17(22-10-21-16)26-6-1-5-23-26/h1-3,5-6,8,10-11H,4,7,9,20H2,(H,21,22,24). The Morgan fingerprint density at radius 3 is 2.96 bits per heavy atom. The zero-order valence-electron chi connectivity index (χ0n) is 13.8. The Bertz CT molecular complexity index is 915. The molecule has 0 bridgehead atoms. The maximum Gasteiger partial charge on any atom is 0.181 e. The summed E-state index contributed by atoms with van der Waals surface area (Å²) in [6.07, 6.45) is 5.80. The quantitative estimate of drug-likeness (QED) is 0.731. The molecule has 0 saturated carbocycles. The Kier molecular flexibility index (Phi) is 4.34. The SMILES string of the molecule is Nc1c(NC2CCN(c3ccc(F)c(Cl)c3)C2)ncnc1-n1cccn1. The first kappa shape index (κ1) is 16.6. The molecule has 4 rings (SSSR count). The smallest absolute Gasteiger partial charge is 0.181 e. The van der Waals surface area contributed by atoms with Crippen LogP contribution in [0.2, 0.25) is 5.02 Å². The average molecular weight is 374 g/mol. The van der Waals surface area contributed by atoms with Gasteiger partial charge in [-0.25, -0.2) is 19.0 Å². The van der Waals surface area contributed by atoms with Crippen molar-refractivity contribution in [2.75, 3.05) is 29.0 Å². The summed E-state index contributed by atoms with van der Waals surface area (Å²) in [6, 6.07) is 6.72. The minimum Gasteiger partial charge on any atom is -0.393 e. The largest absolute Gasteiger partial charge is 0.393 e. The molecule has 1 atom stereocenters. The van der Waals surface area contributed by atoms with E-state index in [0.717, 1.165) is 25.2 Å². The lowest BCUT2D eigenvalue weighted by Crippen LogP contribution is -2.27. The van der Waals surface area contributed by atoms with Crippen LogP contribution in [0.5, 0.6) is 0 Å². The molecule has 1 unspecified atom stereocenters. The predicted molar refractivity (Wildman–Crippen MR) is 99.2 cm³/mol. The van der Waals surface area contributed by atoms with E-state index in [2.05, 4.69) is 25.3 Å². The van der Waals surface area contributed by atoms with Gasteiger partial charge in [-0.2, -0.15) is 5.10 Å². The number of benzene rings is 1. The molecular formula is C17H17ClFN7. The third kappa shape index (κ3) is 3.15. The minimum absolute atomic E-state index is 0.128. The van der Waals surface area contributed by atoms with E-state index in [1.54, 1.807) is 35.3 Å². The Morgan fingerprint density at radius 2 is 2.19 bits per heavy atom. The van der Waals surface area contributed by atoms with Crippen molar-refractivity contribution in [1.29, 1.82) is 0 Å². The highest BCUT2D eigenvalue weighted by atomic mass is 35.5. The molecule has 7 nitrogen and oxygen atoms in total. The van der Waals surface area contributed by atoms with Crippen LogP contribution < -0.4 is 16.0 Å². The number of anilines is 3. The number of nitrogens with one attached hydrogen (secondary N) is 1. The van der Waals surface area contributed by atoms with Crippen LogP contribution in [-0.2, 0) is 0 Å². The summed E-state index contributed by atoms with van der Waals surface area (Å²) in [4.78, 5) is 10.6. The van der Waals surface area contributed by atoms with Gasteiger partial charge in [-0.15, -0.1) is 0 Å². The van der Waals surface area contributed by atoms with Gasteiger partial charge in [-0.3, -0.25) is 0 Å². The zero-order chi connectivity index (χ0) is 18.1. The molecule has 3 N–H and O–H groups in total. The van der Waals surface area contributed by atoms with Gasteiger partial charge >= 0.3 is 0 Å². The molecule has 1 aliphatic heterocycles. The van der Waals surface area contributed by atoms with Gasteiger partial charge in [0.2, 0.25) is 0 Å². The second-order valence-electron chi connectivity index (χ2n) is 6.08. The second-order valence-corrected chi connectivity index (χ2v) is 6.49. The summed E-state index contributed by atoms with van der Waals surface area (Å²) in [6.45, 7) is 1.57. The van der Waals surface area contributed by atoms with E-state index in [1.165, 1.54) is 12.4 Å². The number of halogens is 2. The predicted octanol–water partition coefficient (Wildman–Crippen LogP) is 2.73. The first-order valence-corrected chi connectivity index (χ1v) is 8.56. The van der Waals surface area contributed by atoms with Gasteiger partial charge in [0.1, 0.15) is 17.8 Å². The van der Waals surface area contributed by atoms with Crippen molar-refractivity contribution in [2.24, 2.45) is 0 Å². The van der Waals surface area contributed by atoms with Crippen molar-refractivity contribution >= 4 is 28.8 Å². The van der Waals surface area contributed by atoms with Crippen molar-refractivity contribution in [3.05, 3.63) is 53.8 Å². The van der Waals surface area contributed by atoms with Gasteiger partial charge < -0.3 is 16.0 Å². The molecule has 9 heteroatoms. The fraction of sp³-hybridized carbons (Fsp3) is 0.235. The molecule has 1 aliphatic rings. The van der Waals surface area contributed by atoms with E-state index in [1.807, 2.05) is 0 Å². The van der Waals surface area contributed by atoms with E-state index < -0.39 is 5.82 Å². The Hall–Kier alpha value is -2.87. The van der Waals surface area contributed by atoms with E-state index in [-0.39, 0.29) is 11.1 Å². The van der Waals surface area contributed by atoms with Crippen molar-refractivity contribution in [2.45, 2.75) is 12.5 Å². The molecule has 1 saturated heterocycles. The highest BCUT2D eigenvalue weighted by molar-refractivity contribution is 6.31. The maximum absolute atomic E-state index is 13.4. The number of nitrogen functional groups attached to an aromatic ring is 1. The van der Waals surface area contributed by atoms with Gasteiger partial charge in [0, 0.05) is 37.2 Å². The Labute approximate surface area is 154 Å². The Morgan fingerprint density at radius 1 is 1.31 bits per heavy atom. The number of rotatable bonds is 4. The molecule has 3 heterocycles. The average Bonchev–Trinajstić information content (AvgIpc) is 3.31. The summed E-state index contributed by atoms with van der Waals surface area (Å²) in [5, 5.41) is 7.65. The van der Waals surface area contributed by atoms with Crippen LogP contribution in [0.25, 0.3) is 5.82 Å². The lowest BCUT2D eigenvalue weighted by atomic mass is 10.2. The van der Waals surface area contributed by atoms with Crippen LogP contribution in [0.15, 0.2) is 43.0 Å². The van der Waals surface area contributed by atoms with E-state index in [0.29, 0.717) is 17.3 Å². The second kappa shape index (κ2) is 6.80. The number of aromatic nitrogens is 4. The van der Waals surface area contributed by atoms with Crippen molar-refractivity contribution in [1.82, 2.24) is 19.7 Å². The van der Waals surface area contributed by atoms with E-state index in [9.17, 15) is 4.39 Å². The molecular weight excluding hydrogens is 357 g/mol. The number of nitrogens with zero attached hydrogens (tertiary/aromatic N) is 5. The van der Waals surface area contributed by atoms with Crippen LogP contribution in [0.1, 0.15) is 6.42 Å². The topological polar surface area (TPSA) is 84.9 Å².